The van der Waals surface area contributed by atoms with Crippen LogP contribution in [0.3, 0.4) is 0 Å². The minimum absolute atomic E-state index is 0.364. The maximum absolute atomic E-state index is 13.7. The molecule has 1 heterocycles. The van der Waals surface area contributed by atoms with Crippen LogP contribution in [0, 0.1) is 12.7 Å². The molecule has 1 atom stereocenters. The van der Waals surface area contributed by atoms with Crippen LogP contribution in [0.1, 0.15) is 55.0 Å². The van der Waals surface area contributed by atoms with E-state index in [2.05, 4.69) is 6.07 Å². The van der Waals surface area contributed by atoms with Crippen LogP contribution < -0.4 is 9.64 Å². The number of fused-ring (bicyclic) bond motifs is 2. The van der Waals surface area contributed by atoms with Crippen LogP contribution in [0.15, 0.2) is 72.8 Å². The molecule has 0 saturated heterocycles. The zero-order valence-corrected chi connectivity index (χ0v) is 18.1. The Labute approximate surface area is 187 Å². The third-order valence-electron chi connectivity index (χ3n) is 6.48. The molecule has 1 spiro atoms. The number of carbonyl (C=O) groups excluding carboxylic acids is 1. The summed E-state index contributed by atoms with van der Waals surface area (Å²) in [5, 5.41) is 0. The van der Waals surface area contributed by atoms with Crippen molar-refractivity contribution in [3.05, 3.63) is 95.3 Å². The van der Waals surface area contributed by atoms with Gasteiger partial charge in [-0.3, -0.25) is 0 Å². The molecule has 1 amide bonds. The number of ether oxygens (including phenoxy) is 2. The average Bonchev–Trinajstić information content (AvgIpc) is 3.11. The van der Waals surface area contributed by atoms with Crippen LogP contribution >= 0.6 is 0 Å². The normalized spacial score (nSPS) is 18.9. The fourth-order valence-corrected chi connectivity index (χ4v) is 4.86. The van der Waals surface area contributed by atoms with E-state index in [0.29, 0.717) is 11.4 Å². The molecule has 5 heteroatoms. The van der Waals surface area contributed by atoms with E-state index in [9.17, 15) is 9.18 Å². The first-order valence-corrected chi connectivity index (χ1v) is 11.2. The lowest BCUT2D eigenvalue weighted by Gasteiger charge is -2.36. The van der Waals surface area contributed by atoms with Gasteiger partial charge in [0.15, 0.2) is 6.23 Å². The third kappa shape index (κ3) is 3.78. The van der Waals surface area contributed by atoms with Gasteiger partial charge < -0.3 is 9.47 Å². The lowest BCUT2D eigenvalue weighted by Crippen LogP contribution is -2.39. The Morgan fingerprint density at radius 3 is 2.38 bits per heavy atom. The van der Waals surface area contributed by atoms with Crippen LogP contribution in [-0.2, 0) is 10.3 Å². The number of benzene rings is 3. The fourth-order valence-electron chi connectivity index (χ4n) is 4.86. The van der Waals surface area contributed by atoms with Gasteiger partial charge in [-0.25, -0.2) is 14.1 Å². The molecule has 1 aliphatic carbocycles. The average molecular weight is 432 g/mol. The van der Waals surface area contributed by atoms with Crippen molar-refractivity contribution in [1.29, 1.82) is 0 Å². The van der Waals surface area contributed by atoms with E-state index < -0.39 is 17.9 Å². The molecule has 0 bridgehead atoms. The van der Waals surface area contributed by atoms with Crippen molar-refractivity contribution in [3.8, 4) is 5.75 Å². The molecule has 2 aliphatic rings. The number of rotatable bonds is 3. The minimum atomic E-state index is -0.646. The molecule has 1 saturated carbocycles. The number of carbonyl (C=O) groups is 1. The number of amides is 1. The van der Waals surface area contributed by atoms with Crippen molar-refractivity contribution in [2.45, 2.75) is 50.9 Å². The number of hydrogen-bond acceptors (Lipinski definition) is 3. The number of aryl methyl sites for hydroxylation is 1. The molecule has 4 nitrogen and oxygen atoms in total. The highest BCUT2D eigenvalue weighted by atomic mass is 19.1. The minimum Gasteiger partial charge on any atom is -0.410 e. The Morgan fingerprint density at radius 1 is 0.969 bits per heavy atom. The van der Waals surface area contributed by atoms with E-state index in [4.69, 9.17) is 9.47 Å². The van der Waals surface area contributed by atoms with Crippen LogP contribution in [0.4, 0.5) is 14.9 Å². The van der Waals surface area contributed by atoms with E-state index in [-0.39, 0.29) is 5.82 Å². The topological polar surface area (TPSA) is 38.8 Å². The maximum atomic E-state index is 13.7. The first-order valence-electron chi connectivity index (χ1n) is 11.2. The van der Waals surface area contributed by atoms with Crippen LogP contribution in [0.2, 0.25) is 0 Å². The van der Waals surface area contributed by atoms with Crippen molar-refractivity contribution in [2.75, 3.05) is 4.90 Å². The highest BCUT2D eigenvalue weighted by Gasteiger charge is 2.48. The van der Waals surface area contributed by atoms with E-state index in [0.717, 1.165) is 42.4 Å². The standard InChI is InChI=1S/C27H26FNO3/c1-19-9-15-22(16-10-19)31-26(30)29(21-13-11-20(28)12-14-21)25-23-7-3-4-8-24(23)27(32-25)17-5-2-6-18-27/h3-4,7-16,25H,2,5-6,17-18H2,1H3/t25-/m0/s1. The van der Waals surface area contributed by atoms with Gasteiger partial charge in [0.1, 0.15) is 11.6 Å². The van der Waals surface area contributed by atoms with Crippen molar-refractivity contribution in [1.82, 2.24) is 0 Å². The summed E-state index contributed by atoms with van der Waals surface area (Å²) >= 11 is 0. The molecule has 5 rings (SSSR count). The fraction of sp³-hybridized carbons (Fsp3) is 0.296. The largest absolute Gasteiger partial charge is 0.422 e. The van der Waals surface area contributed by atoms with E-state index in [1.807, 2.05) is 37.3 Å². The van der Waals surface area contributed by atoms with Gasteiger partial charge in [0.2, 0.25) is 0 Å². The SMILES string of the molecule is Cc1ccc(OC(=O)N(c2ccc(F)cc2)[C@H]2OC3(CCCCC3)c3ccccc32)cc1. The summed E-state index contributed by atoms with van der Waals surface area (Å²) in [4.78, 5) is 15.0. The van der Waals surface area contributed by atoms with Gasteiger partial charge in [-0.15, -0.1) is 0 Å². The summed E-state index contributed by atoms with van der Waals surface area (Å²) in [5.74, 6) is 0.0865. The van der Waals surface area contributed by atoms with Crippen molar-refractivity contribution in [3.63, 3.8) is 0 Å². The van der Waals surface area contributed by atoms with E-state index in [1.54, 1.807) is 24.3 Å². The summed E-state index contributed by atoms with van der Waals surface area (Å²) in [5.41, 5.74) is 3.30. The second-order valence-corrected chi connectivity index (χ2v) is 8.64. The second-order valence-electron chi connectivity index (χ2n) is 8.64. The van der Waals surface area contributed by atoms with Gasteiger partial charge in [0.05, 0.1) is 11.3 Å². The summed E-state index contributed by atoms with van der Waals surface area (Å²) in [7, 11) is 0. The van der Waals surface area contributed by atoms with Gasteiger partial charge in [0.25, 0.3) is 0 Å². The number of nitrogens with zero attached hydrogens (tertiary/aromatic N) is 1. The Hall–Kier alpha value is -3.18. The molecule has 1 fully saturated rings. The monoisotopic (exact) mass is 431 g/mol. The van der Waals surface area contributed by atoms with E-state index in [1.165, 1.54) is 23.5 Å². The first-order chi connectivity index (χ1) is 15.6. The van der Waals surface area contributed by atoms with Gasteiger partial charge in [-0.1, -0.05) is 61.2 Å². The second kappa shape index (κ2) is 8.40. The van der Waals surface area contributed by atoms with Gasteiger partial charge in [-0.2, -0.15) is 0 Å². The quantitative estimate of drug-likeness (QED) is 0.447. The third-order valence-corrected chi connectivity index (χ3v) is 6.48. The Morgan fingerprint density at radius 2 is 1.66 bits per heavy atom. The van der Waals surface area contributed by atoms with Crippen molar-refractivity contribution >= 4 is 11.8 Å². The molecule has 164 valence electrons. The smallest absolute Gasteiger partial charge is 0.410 e. The molecular formula is C27H26FNO3. The molecule has 32 heavy (non-hydrogen) atoms. The molecule has 1 aliphatic heterocycles. The maximum Gasteiger partial charge on any atom is 0.422 e. The number of halogens is 1. The van der Waals surface area contributed by atoms with Gasteiger partial charge in [0, 0.05) is 5.56 Å². The molecule has 0 aromatic heterocycles. The molecule has 3 aromatic carbocycles. The molecule has 3 aromatic rings. The summed E-state index contributed by atoms with van der Waals surface area (Å²) in [6, 6.07) is 21.3. The summed E-state index contributed by atoms with van der Waals surface area (Å²) in [6.07, 6.45) is 4.00. The molecular weight excluding hydrogens is 405 g/mol. The lowest BCUT2D eigenvalue weighted by atomic mass is 9.79. The predicted octanol–water partition coefficient (Wildman–Crippen LogP) is 7.03. The predicted molar refractivity (Wildman–Crippen MR) is 121 cm³/mol. The summed E-state index contributed by atoms with van der Waals surface area (Å²) in [6.45, 7) is 1.98. The van der Waals surface area contributed by atoms with Crippen molar-refractivity contribution < 1.29 is 18.7 Å². The molecule has 0 unspecified atom stereocenters. The van der Waals surface area contributed by atoms with Crippen molar-refractivity contribution in [2.24, 2.45) is 0 Å². The lowest BCUT2D eigenvalue weighted by molar-refractivity contribution is -0.0966. The number of hydrogen-bond donors (Lipinski definition) is 0. The van der Waals surface area contributed by atoms with Gasteiger partial charge in [-0.05, 0) is 61.7 Å². The first kappa shape index (κ1) is 20.7. The Kier molecular flexibility index (Phi) is 5.43. The van der Waals surface area contributed by atoms with Crippen LogP contribution in [-0.4, -0.2) is 6.09 Å². The molecule has 0 N–H and O–H groups in total. The van der Waals surface area contributed by atoms with E-state index >= 15 is 0 Å². The number of anilines is 1. The Balaban J connectivity index is 1.55. The Bertz CT molecular complexity index is 1100. The zero-order chi connectivity index (χ0) is 22.1. The highest BCUT2D eigenvalue weighted by molar-refractivity contribution is 5.90. The zero-order valence-electron chi connectivity index (χ0n) is 18.1. The van der Waals surface area contributed by atoms with Crippen LogP contribution in [0.5, 0.6) is 5.75 Å². The van der Waals surface area contributed by atoms with Gasteiger partial charge >= 0.3 is 6.09 Å². The summed E-state index contributed by atoms with van der Waals surface area (Å²) < 4.78 is 26.1. The van der Waals surface area contributed by atoms with Crippen LogP contribution in [0.25, 0.3) is 0 Å². The molecule has 0 radical (unpaired) electrons. The highest BCUT2D eigenvalue weighted by Crippen LogP contribution is 2.52.